The molecule has 3 nitrogen and oxygen atoms in total. The van der Waals surface area contributed by atoms with Crippen molar-refractivity contribution in [3.8, 4) is 0 Å². The lowest BCUT2D eigenvalue weighted by Gasteiger charge is -2.04. The molecule has 5 heteroatoms. The number of nitrogens with two attached hydrogens (primary N) is 1. The fraction of sp³-hybridized carbons (Fsp3) is 0.182. The van der Waals surface area contributed by atoms with Gasteiger partial charge in [-0.3, -0.25) is 0 Å². The Balaban J connectivity index is 2.04. The van der Waals surface area contributed by atoms with Gasteiger partial charge in [-0.2, -0.15) is 0 Å². The van der Waals surface area contributed by atoms with E-state index in [1.807, 2.05) is 24.4 Å². The van der Waals surface area contributed by atoms with Crippen LogP contribution in [0.1, 0.15) is 11.1 Å². The van der Waals surface area contributed by atoms with Crippen LogP contribution in [-0.2, 0) is 12.3 Å². The molecule has 3 N–H and O–H groups in total. The summed E-state index contributed by atoms with van der Waals surface area (Å²) in [5.74, 6) is 0.803. The summed E-state index contributed by atoms with van der Waals surface area (Å²) in [7, 11) is 0. The predicted molar refractivity (Wildman–Crippen MR) is 67.5 cm³/mol. The largest absolute Gasteiger partial charge is 0.340 e. The predicted octanol–water partition coefficient (Wildman–Crippen LogP) is 2.81. The smallest absolute Gasteiger partial charge is 0.165 e. The van der Waals surface area contributed by atoms with Gasteiger partial charge in [0, 0.05) is 29.7 Å². The lowest BCUT2D eigenvalue weighted by Crippen LogP contribution is -1.96. The molecule has 16 heavy (non-hydrogen) atoms. The second-order valence-corrected chi connectivity index (χ2v) is 4.68. The van der Waals surface area contributed by atoms with E-state index in [2.05, 4.69) is 9.97 Å². The van der Waals surface area contributed by atoms with Crippen LogP contribution in [0.4, 0.5) is 0 Å². The van der Waals surface area contributed by atoms with Crippen LogP contribution in [0.25, 0.3) is 0 Å². The van der Waals surface area contributed by atoms with Crippen LogP contribution >= 0.6 is 23.4 Å². The highest BCUT2D eigenvalue weighted by molar-refractivity contribution is 7.98. The van der Waals surface area contributed by atoms with Crippen LogP contribution in [-0.4, -0.2) is 9.97 Å². The first-order valence-corrected chi connectivity index (χ1v) is 6.25. The first-order valence-electron chi connectivity index (χ1n) is 4.89. The topological polar surface area (TPSA) is 54.7 Å². The zero-order valence-electron chi connectivity index (χ0n) is 8.61. The minimum Gasteiger partial charge on any atom is -0.340 e. The van der Waals surface area contributed by atoms with Gasteiger partial charge in [0.25, 0.3) is 0 Å². The summed E-state index contributed by atoms with van der Waals surface area (Å²) >= 11 is 7.77. The molecule has 84 valence electrons. The molecule has 2 rings (SSSR count). The summed E-state index contributed by atoms with van der Waals surface area (Å²) in [6.45, 7) is 0.519. The van der Waals surface area contributed by atoms with Crippen molar-refractivity contribution in [1.82, 2.24) is 9.97 Å². The number of benzene rings is 1. The first kappa shape index (κ1) is 11.5. The van der Waals surface area contributed by atoms with E-state index in [9.17, 15) is 0 Å². The summed E-state index contributed by atoms with van der Waals surface area (Å²) in [5, 5.41) is 1.67. The third-order valence-electron chi connectivity index (χ3n) is 2.19. The Morgan fingerprint density at radius 3 is 2.94 bits per heavy atom. The average molecular weight is 254 g/mol. The van der Waals surface area contributed by atoms with Crippen molar-refractivity contribution in [1.29, 1.82) is 0 Å². The molecule has 0 atom stereocenters. The Morgan fingerprint density at radius 2 is 2.31 bits per heavy atom. The maximum Gasteiger partial charge on any atom is 0.165 e. The van der Waals surface area contributed by atoms with Gasteiger partial charge in [-0.15, -0.1) is 0 Å². The van der Waals surface area contributed by atoms with Gasteiger partial charge in [0.15, 0.2) is 5.16 Å². The van der Waals surface area contributed by atoms with E-state index in [0.717, 1.165) is 27.1 Å². The third-order valence-corrected chi connectivity index (χ3v) is 3.49. The van der Waals surface area contributed by atoms with Crippen molar-refractivity contribution in [3.63, 3.8) is 0 Å². The van der Waals surface area contributed by atoms with Crippen LogP contribution in [0.15, 0.2) is 35.7 Å². The highest BCUT2D eigenvalue weighted by Gasteiger charge is 2.03. The second-order valence-electron chi connectivity index (χ2n) is 3.31. The summed E-state index contributed by atoms with van der Waals surface area (Å²) in [6, 6.07) is 5.93. The van der Waals surface area contributed by atoms with Crippen LogP contribution in [0.2, 0.25) is 5.02 Å². The number of rotatable bonds is 4. The van der Waals surface area contributed by atoms with Gasteiger partial charge < -0.3 is 10.7 Å². The molecule has 1 aromatic heterocycles. The summed E-state index contributed by atoms with van der Waals surface area (Å²) in [5.41, 5.74) is 7.69. The number of nitrogens with zero attached hydrogens (tertiary/aromatic N) is 1. The number of hydrogen-bond acceptors (Lipinski definition) is 3. The quantitative estimate of drug-likeness (QED) is 0.824. The molecule has 0 bridgehead atoms. The van der Waals surface area contributed by atoms with Gasteiger partial charge in [0.1, 0.15) is 0 Å². The normalized spacial score (nSPS) is 10.6. The zero-order valence-corrected chi connectivity index (χ0v) is 10.2. The lowest BCUT2D eigenvalue weighted by molar-refractivity contribution is 1.05. The van der Waals surface area contributed by atoms with Crippen LogP contribution in [0.5, 0.6) is 0 Å². The number of halogens is 1. The summed E-state index contributed by atoms with van der Waals surface area (Å²) in [6.07, 6.45) is 3.54. The Labute approximate surface area is 103 Å². The Morgan fingerprint density at radius 1 is 1.44 bits per heavy atom. The molecule has 1 heterocycles. The second kappa shape index (κ2) is 5.39. The van der Waals surface area contributed by atoms with E-state index in [1.165, 1.54) is 0 Å². The molecule has 0 amide bonds. The molecule has 0 saturated heterocycles. The maximum atomic E-state index is 6.15. The Kier molecular flexibility index (Phi) is 3.88. The SMILES string of the molecule is NCc1ccc(CSc2ncc[nH]2)c(Cl)c1. The van der Waals surface area contributed by atoms with E-state index >= 15 is 0 Å². The molecule has 0 fully saturated rings. The van der Waals surface area contributed by atoms with Crippen molar-refractivity contribution >= 4 is 23.4 Å². The van der Waals surface area contributed by atoms with Crippen LogP contribution < -0.4 is 5.73 Å². The molecular weight excluding hydrogens is 242 g/mol. The maximum absolute atomic E-state index is 6.15. The lowest BCUT2D eigenvalue weighted by atomic mass is 10.1. The van der Waals surface area contributed by atoms with E-state index in [-0.39, 0.29) is 0 Å². The minimum absolute atomic E-state index is 0.519. The molecule has 0 aliphatic heterocycles. The van der Waals surface area contributed by atoms with E-state index in [0.29, 0.717) is 6.54 Å². The minimum atomic E-state index is 0.519. The van der Waals surface area contributed by atoms with Crippen molar-refractivity contribution in [2.45, 2.75) is 17.5 Å². The van der Waals surface area contributed by atoms with E-state index in [1.54, 1.807) is 18.0 Å². The standard InChI is InChI=1S/C11H12ClN3S/c12-10-5-8(6-13)1-2-9(10)7-16-11-14-3-4-15-11/h1-5H,6-7,13H2,(H,14,15). The highest BCUT2D eigenvalue weighted by atomic mass is 35.5. The first-order chi connectivity index (χ1) is 7.79. The number of nitrogens with one attached hydrogen (secondary N) is 1. The molecule has 1 aromatic carbocycles. The van der Waals surface area contributed by atoms with Gasteiger partial charge in [-0.05, 0) is 17.2 Å². The number of thioether (sulfide) groups is 1. The number of aromatic nitrogens is 2. The van der Waals surface area contributed by atoms with Crippen molar-refractivity contribution < 1.29 is 0 Å². The van der Waals surface area contributed by atoms with Gasteiger partial charge in [-0.1, -0.05) is 35.5 Å². The summed E-state index contributed by atoms with van der Waals surface area (Å²) in [4.78, 5) is 7.18. The number of aromatic amines is 1. The van der Waals surface area contributed by atoms with Crippen molar-refractivity contribution in [3.05, 3.63) is 46.7 Å². The number of hydrogen-bond donors (Lipinski definition) is 2. The monoisotopic (exact) mass is 253 g/mol. The summed E-state index contributed by atoms with van der Waals surface area (Å²) < 4.78 is 0. The third kappa shape index (κ3) is 2.78. The fourth-order valence-corrected chi connectivity index (χ4v) is 2.49. The molecular formula is C11H12ClN3S. The molecule has 0 saturated carbocycles. The molecule has 0 aliphatic carbocycles. The fourth-order valence-electron chi connectivity index (χ4n) is 1.31. The van der Waals surface area contributed by atoms with Gasteiger partial charge in [0.2, 0.25) is 0 Å². The van der Waals surface area contributed by atoms with Crippen molar-refractivity contribution in [2.24, 2.45) is 5.73 Å². The van der Waals surface area contributed by atoms with Gasteiger partial charge in [0.05, 0.1) is 0 Å². The molecule has 0 aliphatic rings. The molecule has 0 radical (unpaired) electrons. The van der Waals surface area contributed by atoms with Gasteiger partial charge >= 0.3 is 0 Å². The van der Waals surface area contributed by atoms with Gasteiger partial charge in [-0.25, -0.2) is 4.98 Å². The number of imidazole rings is 1. The Hall–Kier alpha value is -0.970. The highest BCUT2D eigenvalue weighted by Crippen LogP contribution is 2.25. The zero-order chi connectivity index (χ0) is 11.4. The Bertz CT molecular complexity index is 456. The molecule has 2 aromatic rings. The number of H-pyrrole nitrogens is 1. The van der Waals surface area contributed by atoms with Crippen molar-refractivity contribution in [2.75, 3.05) is 0 Å². The average Bonchev–Trinajstić information content (AvgIpc) is 2.80. The van der Waals surface area contributed by atoms with E-state index < -0.39 is 0 Å². The van der Waals surface area contributed by atoms with E-state index in [4.69, 9.17) is 17.3 Å². The molecule has 0 spiro atoms. The molecule has 0 unspecified atom stereocenters. The van der Waals surface area contributed by atoms with Crippen LogP contribution in [0.3, 0.4) is 0 Å². The van der Waals surface area contributed by atoms with Crippen LogP contribution in [0, 0.1) is 0 Å².